The lowest BCUT2D eigenvalue weighted by Crippen LogP contribution is -2.37. The van der Waals surface area contributed by atoms with E-state index < -0.39 is 0 Å². The van der Waals surface area contributed by atoms with Crippen molar-refractivity contribution in [3.05, 3.63) is 58.6 Å². The van der Waals surface area contributed by atoms with Crippen LogP contribution in [0.3, 0.4) is 0 Å². The zero-order valence-corrected chi connectivity index (χ0v) is 15.3. The zero-order chi connectivity index (χ0) is 18.2. The van der Waals surface area contributed by atoms with Gasteiger partial charge in [-0.2, -0.15) is 16.3 Å². The highest BCUT2D eigenvalue weighted by Crippen LogP contribution is 2.19. The molecule has 3 rings (SSSR count). The SMILES string of the molecule is NCCN(CCc1ccccc1)C(=O)CCc1nc(-c2ccsc2)no1. The number of benzene rings is 1. The largest absolute Gasteiger partial charge is 0.341 e. The van der Waals surface area contributed by atoms with Crippen LogP contribution in [0.2, 0.25) is 0 Å². The van der Waals surface area contributed by atoms with Gasteiger partial charge in [0, 0.05) is 43.4 Å². The van der Waals surface area contributed by atoms with Gasteiger partial charge >= 0.3 is 0 Å². The van der Waals surface area contributed by atoms with E-state index >= 15 is 0 Å². The Labute approximate surface area is 156 Å². The minimum Gasteiger partial charge on any atom is -0.341 e. The normalized spacial score (nSPS) is 10.8. The van der Waals surface area contributed by atoms with Crippen molar-refractivity contribution in [1.29, 1.82) is 0 Å². The first-order valence-electron chi connectivity index (χ1n) is 8.63. The van der Waals surface area contributed by atoms with Crippen LogP contribution in [0.15, 0.2) is 51.7 Å². The number of nitrogens with two attached hydrogens (primary N) is 1. The summed E-state index contributed by atoms with van der Waals surface area (Å²) in [6, 6.07) is 12.1. The number of aromatic nitrogens is 2. The molecule has 136 valence electrons. The van der Waals surface area contributed by atoms with E-state index in [2.05, 4.69) is 22.3 Å². The van der Waals surface area contributed by atoms with E-state index in [0.717, 1.165) is 12.0 Å². The molecule has 0 saturated carbocycles. The average Bonchev–Trinajstić information content (AvgIpc) is 3.35. The third-order valence-electron chi connectivity index (χ3n) is 4.07. The summed E-state index contributed by atoms with van der Waals surface area (Å²) in [6.07, 6.45) is 1.58. The smallest absolute Gasteiger partial charge is 0.227 e. The Morgan fingerprint density at radius 2 is 2.00 bits per heavy atom. The van der Waals surface area contributed by atoms with Crippen LogP contribution in [-0.2, 0) is 17.6 Å². The summed E-state index contributed by atoms with van der Waals surface area (Å²) in [5, 5.41) is 7.90. The van der Waals surface area contributed by atoms with Crippen molar-refractivity contribution in [1.82, 2.24) is 15.0 Å². The van der Waals surface area contributed by atoms with Crippen LogP contribution >= 0.6 is 11.3 Å². The summed E-state index contributed by atoms with van der Waals surface area (Å²) < 4.78 is 5.26. The summed E-state index contributed by atoms with van der Waals surface area (Å²) in [4.78, 5) is 18.7. The first kappa shape index (κ1) is 18.3. The molecule has 7 heteroatoms. The number of aryl methyl sites for hydroxylation is 1. The molecule has 0 radical (unpaired) electrons. The Bertz CT molecular complexity index is 802. The molecule has 26 heavy (non-hydrogen) atoms. The Kier molecular flexibility index (Phi) is 6.51. The molecule has 0 spiro atoms. The van der Waals surface area contributed by atoms with E-state index in [-0.39, 0.29) is 5.91 Å². The monoisotopic (exact) mass is 370 g/mol. The van der Waals surface area contributed by atoms with E-state index in [9.17, 15) is 4.79 Å². The number of hydrogen-bond donors (Lipinski definition) is 1. The Balaban J connectivity index is 1.52. The minimum atomic E-state index is 0.0571. The topological polar surface area (TPSA) is 85.2 Å². The zero-order valence-electron chi connectivity index (χ0n) is 14.5. The minimum absolute atomic E-state index is 0.0571. The van der Waals surface area contributed by atoms with Crippen LogP contribution in [0.5, 0.6) is 0 Å². The van der Waals surface area contributed by atoms with Gasteiger partial charge in [0.25, 0.3) is 0 Å². The van der Waals surface area contributed by atoms with E-state index in [4.69, 9.17) is 10.3 Å². The molecule has 0 unspecified atom stereocenters. The van der Waals surface area contributed by atoms with E-state index in [1.165, 1.54) is 5.56 Å². The highest BCUT2D eigenvalue weighted by atomic mass is 32.1. The quantitative estimate of drug-likeness (QED) is 0.626. The van der Waals surface area contributed by atoms with E-state index in [0.29, 0.717) is 44.2 Å². The van der Waals surface area contributed by atoms with Gasteiger partial charge in [0.15, 0.2) is 0 Å². The second-order valence-electron chi connectivity index (χ2n) is 5.93. The van der Waals surface area contributed by atoms with Crippen LogP contribution in [0.4, 0.5) is 0 Å². The first-order chi connectivity index (χ1) is 12.8. The molecule has 0 fully saturated rings. The maximum atomic E-state index is 12.5. The van der Waals surface area contributed by atoms with E-state index in [1.54, 1.807) is 11.3 Å². The van der Waals surface area contributed by atoms with Gasteiger partial charge in [-0.05, 0) is 23.4 Å². The fraction of sp³-hybridized carbons (Fsp3) is 0.316. The van der Waals surface area contributed by atoms with Crippen molar-refractivity contribution >= 4 is 17.2 Å². The highest BCUT2D eigenvalue weighted by molar-refractivity contribution is 7.08. The fourth-order valence-electron chi connectivity index (χ4n) is 2.66. The molecule has 3 aromatic rings. The predicted molar refractivity (Wildman–Crippen MR) is 102 cm³/mol. The molecule has 0 aliphatic carbocycles. The van der Waals surface area contributed by atoms with E-state index in [1.807, 2.05) is 39.9 Å². The molecule has 1 amide bonds. The van der Waals surface area contributed by atoms with Gasteiger partial charge in [0.1, 0.15) is 0 Å². The van der Waals surface area contributed by atoms with Gasteiger partial charge in [-0.15, -0.1) is 0 Å². The fourth-order valence-corrected chi connectivity index (χ4v) is 3.30. The third kappa shape index (κ3) is 5.00. The van der Waals surface area contributed by atoms with Gasteiger partial charge in [-0.3, -0.25) is 4.79 Å². The number of rotatable bonds is 9. The molecule has 1 aromatic carbocycles. The highest BCUT2D eigenvalue weighted by Gasteiger charge is 2.15. The third-order valence-corrected chi connectivity index (χ3v) is 4.75. The molecule has 0 aliphatic heterocycles. The number of carbonyl (C=O) groups excluding carboxylic acids is 1. The summed E-state index contributed by atoms with van der Waals surface area (Å²) in [5.41, 5.74) is 7.81. The van der Waals surface area contributed by atoms with Gasteiger partial charge < -0.3 is 15.2 Å². The molecule has 0 atom stereocenters. The maximum absolute atomic E-state index is 12.5. The van der Waals surface area contributed by atoms with Crippen molar-refractivity contribution < 1.29 is 9.32 Å². The number of thiophene rings is 1. The van der Waals surface area contributed by atoms with Crippen LogP contribution in [-0.4, -0.2) is 40.6 Å². The standard InChI is InChI=1S/C19H22N4O2S/c20-10-12-23(11-8-15-4-2-1-3-5-15)18(24)7-6-17-21-19(22-25-17)16-9-13-26-14-16/h1-5,9,13-14H,6-8,10-12,20H2. The summed E-state index contributed by atoms with van der Waals surface area (Å²) in [6.45, 7) is 1.66. The van der Waals surface area contributed by atoms with Crippen LogP contribution in [0.25, 0.3) is 11.4 Å². The van der Waals surface area contributed by atoms with Crippen molar-refractivity contribution in [2.45, 2.75) is 19.3 Å². The first-order valence-corrected chi connectivity index (χ1v) is 9.57. The summed E-state index contributed by atoms with van der Waals surface area (Å²) >= 11 is 1.58. The second kappa shape index (κ2) is 9.26. The van der Waals surface area contributed by atoms with Crippen molar-refractivity contribution in [2.24, 2.45) is 5.73 Å². The van der Waals surface area contributed by atoms with Crippen LogP contribution in [0.1, 0.15) is 17.9 Å². The van der Waals surface area contributed by atoms with Gasteiger partial charge in [0.2, 0.25) is 17.6 Å². The maximum Gasteiger partial charge on any atom is 0.227 e. The average molecular weight is 370 g/mol. The Hall–Kier alpha value is -2.51. The van der Waals surface area contributed by atoms with Crippen molar-refractivity contribution in [2.75, 3.05) is 19.6 Å². The van der Waals surface area contributed by atoms with Gasteiger partial charge in [-0.1, -0.05) is 35.5 Å². The molecule has 2 aromatic heterocycles. The molecule has 0 bridgehead atoms. The number of carbonyl (C=O) groups is 1. The van der Waals surface area contributed by atoms with Crippen molar-refractivity contribution in [3.8, 4) is 11.4 Å². The second-order valence-corrected chi connectivity index (χ2v) is 6.71. The van der Waals surface area contributed by atoms with Crippen LogP contribution < -0.4 is 5.73 Å². The molecule has 0 saturated heterocycles. The Morgan fingerprint density at radius 1 is 1.15 bits per heavy atom. The molecule has 2 heterocycles. The molecule has 6 nitrogen and oxygen atoms in total. The summed E-state index contributed by atoms with van der Waals surface area (Å²) in [5.74, 6) is 1.11. The molecular formula is C19H22N4O2S. The number of hydrogen-bond acceptors (Lipinski definition) is 6. The molecule has 2 N–H and O–H groups in total. The van der Waals surface area contributed by atoms with Crippen molar-refractivity contribution in [3.63, 3.8) is 0 Å². The lowest BCUT2D eigenvalue weighted by molar-refractivity contribution is -0.131. The number of nitrogens with zero attached hydrogens (tertiary/aromatic N) is 3. The molecular weight excluding hydrogens is 348 g/mol. The van der Waals surface area contributed by atoms with Crippen LogP contribution in [0, 0.1) is 0 Å². The lowest BCUT2D eigenvalue weighted by Gasteiger charge is -2.22. The lowest BCUT2D eigenvalue weighted by atomic mass is 10.1. The molecule has 0 aliphatic rings. The Morgan fingerprint density at radius 3 is 2.73 bits per heavy atom. The predicted octanol–water partition coefficient (Wildman–Crippen LogP) is 2.76. The number of amides is 1. The van der Waals surface area contributed by atoms with Gasteiger partial charge in [0.05, 0.1) is 0 Å². The summed E-state index contributed by atoms with van der Waals surface area (Å²) in [7, 11) is 0. The van der Waals surface area contributed by atoms with Gasteiger partial charge in [-0.25, -0.2) is 0 Å².